The van der Waals surface area contributed by atoms with Crippen LogP contribution in [0.25, 0.3) is 11.3 Å². The number of aromatic nitrogens is 1. The highest BCUT2D eigenvalue weighted by Crippen LogP contribution is 2.27. The summed E-state index contributed by atoms with van der Waals surface area (Å²) in [5.74, 6) is -0.921. The van der Waals surface area contributed by atoms with Crippen LogP contribution in [0, 0.1) is 6.92 Å². The molecule has 30 heavy (non-hydrogen) atoms. The number of carbonyl (C=O) groups is 1. The van der Waals surface area contributed by atoms with Crippen LogP contribution in [-0.4, -0.2) is 15.6 Å². The first kappa shape index (κ1) is 22.7. The van der Waals surface area contributed by atoms with Crippen molar-refractivity contribution in [2.45, 2.75) is 26.8 Å². The molecule has 3 heteroatoms. The Balaban J connectivity index is 2.37. The van der Waals surface area contributed by atoms with Crippen molar-refractivity contribution < 1.29 is 9.90 Å². The highest BCUT2D eigenvalue weighted by molar-refractivity contribution is 5.89. The minimum Gasteiger partial charge on any atom is -0.478 e. The predicted molar refractivity (Wildman–Crippen MR) is 126 cm³/mol. The number of hydrogen-bond donors (Lipinski definition) is 1. The largest absolute Gasteiger partial charge is 0.478 e. The number of allylic oxidation sites excluding steroid dienone is 8. The van der Waals surface area contributed by atoms with E-state index in [0.29, 0.717) is 12.1 Å². The molecule has 0 atom stereocenters. The van der Waals surface area contributed by atoms with Gasteiger partial charge in [0.1, 0.15) is 0 Å². The van der Waals surface area contributed by atoms with E-state index in [0.717, 1.165) is 28.9 Å². The first-order valence-electron chi connectivity index (χ1n) is 9.93. The molecule has 1 N–H and O–H groups in total. The molecule has 1 aromatic heterocycles. The second-order valence-corrected chi connectivity index (χ2v) is 6.85. The predicted octanol–water partition coefficient (Wildman–Crippen LogP) is 6.45. The van der Waals surface area contributed by atoms with Gasteiger partial charge < -0.3 is 9.67 Å². The van der Waals surface area contributed by atoms with Crippen LogP contribution in [0.5, 0.6) is 0 Å². The zero-order valence-corrected chi connectivity index (χ0v) is 17.7. The topological polar surface area (TPSA) is 42.2 Å². The quantitative estimate of drug-likeness (QED) is 0.368. The summed E-state index contributed by atoms with van der Waals surface area (Å²) in [5, 5.41) is 9.41. The Bertz CT molecular complexity index is 1010. The van der Waals surface area contributed by atoms with Gasteiger partial charge >= 0.3 is 5.97 Å². The summed E-state index contributed by atoms with van der Waals surface area (Å²) in [6, 6.07) is 12.3. The number of hydrogen-bond acceptors (Lipinski definition) is 1. The van der Waals surface area contributed by atoms with Crippen molar-refractivity contribution in [3.63, 3.8) is 0 Å². The molecule has 1 aromatic carbocycles. The Morgan fingerprint density at radius 1 is 1.17 bits per heavy atom. The van der Waals surface area contributed by atoms with E-state index in [1.807, 2.05) is 43.4 Å². The summed E-state index contributed by atoms with van der Waals surface area (Å²) in [6.07, 6.45) is 15.6. The van der Waals surface area contributed by atoms with Gasteiger partial charge in [-0.25, -0.2) is 4.79 Å². The Morgan fingerprint density at radius 2 is 1.90 bits per heavy atom. The van der Waals surface area contributed by atoms with Crippen LogP contribution in [0.3, 0.4) is 0 Å². The van der Waals surface area contributed by atoms with Crippen molar-refractivity contribution >= 4 is 5.97 Å². The van der Waals surface area contributed by atoms with Crippen molar-refractivity contribution in [1.29, 1.82) is 0 Å². The van der Waals surface area contributed by atoms with Crippen LogP contribution in [0.1, 0.15) is 18.2 Å². The van der Waals surface area contributed by atoms with Gasteiger partial charge in [-0.05, 0) is 43.0 Å². The number of nitrogens with zero attached hydrogens (tertiary/aromatic N) is 1. The van der Waals surface area contributed by atoms with Gasteiger partial charge in [0, 0.05) is 17.9 Å². The normalized spacial score (nSPS) is 12.3. The molecular weight excluding hydrogens is 370 g/mol. The van der Waals surface area contributed by atoms with Crippen molar-refractivity contribution in [1.82, 2.24) is 4.57 Å². The summed E-state index contributed by atoms with van der Waals surface area (Å²) in [5.41, 5.74) is 5.67. The number of carboxylic acid groups (broad SMARTS) is 1. The van der Waals surface area contributed by atoms with Gasteiger partial charge in [0.25, 0.3) is 0 Å². The molecule has 0 fully saturated rings. The van der Waals surface area contributed by atoms with Gasteiger partial charge in [0.15, 0.2) is 0 Å². The molecule has 0 aliphatic carbocycles. The van der Waals surface area contributed by atoms with E-state index in [9.17, 15) is 9.90 Å². The maximum atomic E-state index is 11.5. The Kier molecular flexibility index (Phi) is 8.64. The zero-order valence-electron chi connectivity index (χ0n) is 17.7. The Morgan fingerprint density at radius 3 is 2.53 bits per heavy atom. The molecule has 0 aliphatic rings. The molecule has 3 nitrogen and oxygen atoms in total. The fourth-order valence-electron chi connectivity index (χ4n) is 3.11. The summed E-state index contributed by atoms with van der Waals surface area (Å²) in [4.78, 5) is 11.5. The molecule has 0 unspecified atom stereocenters. The van der Waals surface area contributed by atoms with Gasteiger partial charge in [-0.15, -0.1) is 0 Å². The van der Waals surface area contributed by atoms with E-state index in [1.54, 1.807) is 24.3 Å². The Hall–Kier alpha value is -3.59. The van der Waals surface area contributed by atoms with Crippen LogP contribution in [0.2, 0.25) is 0 Å². The average molecular weight is 400 g/mol. The third-order valence-electron chi connectivity index (χ3n) is 4.79. The summed E-state index contributed by atoms with van der Waals surface area (Å²) >= 11 is 0. The van der Waals surface area contributed by atoms with Crippen molar-refractivity contribution in [3.05, 3.63) is 121 Å². The maximum Gasteiger partial charge on any atom is 0.335 e. The van der Waals surface area contributed by atoms with E-state index < -0.39 is 5.97 Å². The molecule has 0 spiro atoms. The second-order valence-electron chi connectivity index (χ2n) is 6.85. The zero-order chi connectivity index (χ0) is 21.9. The lowest BCUT2D eigenvalue weighted by Gasteiger charge is -2.10. The molecule has 2 aromatic rings. The highest BCUT2D eigenvalue weighted by Gasteiger charge is 2.12. The van der Waals surface area contributed by atoms with E-state index in [2.05, 4.69) is 48.9 Å². The van der Waals surface area contributed by atoms with Crippen LogP contribution >= 0.6 is 0 Å². The summed E-state index contributed by atoms with van der Waals surface area (Å²) in [7, 11) is 0. The summed E-state index contributed by atoms with van der Waals surface area (Å²) < 4.78 is 2.17. The first-order valence-corrected chi connectivity index (χ1v) is 9.93. The average Bonchev–Trinajstić information content (AvgIpc) is 3.06. The molecule has 2 rings (SSSR count). The maximum absolute atomic E-state index is 11.5. The van der Waals surface area contributed by atoms with E-state index in [1.165, 1.54) is 5.56 Å². The van der Waals surface area contributed by atoms with Crippen LogP contribution in [0.15, 0.2) is 109 Å². The molecule has 0 radical (unpaired) electrons. The fraction of sp³-hybridized carbons (Fsp3) is 0.148. The second kappa shape index (κ2) is 11.4. The third kappa shape index (κ3) is 6.21. The summed E-state index contributed by atoms with van der Waals surface area (Å²) in [6.45, 7) is 11.9. The number of rotatable bonds is 10. The third-order valence-corrected chi connectivity index (χ3v) is 4.79. The molecule has 0 amide bonds. The molecule has 0 bridgehead atoms. The van der Waals surface area contributed by atoms with E-state index in [-0.39, 0.29) is 0 Å². The first-order chi connectivity index (χ1) is 14.5. The minimum atomic E-state index is -0.921. The number of aliphatic carboxylic acids is 1. The van der Waals surface area contributed by atoms with E-state index >= 15 is 0 Å². The van der Waals surface area contributed by atoms with Crippen molar-refractivity contribution in [3.8, 4) is 11.3 Å². The van der Waals surface area contributed by atoms with Gasteiger partial charge in [0.05, 0.1) is 5.57 Å². The standard InChI is InChI=1S/C27H29NO2/c1-5-13-24(27(29)30)18-19-28-22(4)25(17-12-7-9-14-21(3)6-2)20-26(28)23-15-10-8-11-16-23/h5-16,18,20H,2-3,17,19H2,1,4H3,(H,29,30)/b12-7-,13-5-,14-9-,24-18+. The monoisotopic (exact) mass is 399 g/mol. The van der Waals surface area contributed by atoms with Crippen LogP contribution < -0.4 is 0 Å². The molecule has 0 saturated heterocycles. The number of carboxylic acids is 1. The van der Waals surface area contributed by atoms with Crippen molar-refractivity contribution in [2.75, 3.05) is 0 Å². The molecule has 154 valence electrons. The van der Waals surface area contributed by atoms with Gasteiger partial charge in [-0.2, -0.15) is 0 Å². The molecule has 1 heterocycles. The molecular formula is C27H29NO2. The van der Waals surface area contributed by atoms with Gasteiger partial charge in [-0.3, -0.25) is 0 Å². The lowest BCUT2D eigenvalue weighted by Crippen LogP contribution is -2.04. The van der Waals surface area contributed by atoms with Gasteiger partial charge in [0.2, 0.25) is 0 Å². The highest BCUT2D eigenvalue weighted by atomic mass is 16.4. The van der Waals surface area contributed by atoms with Crippen LogP contribution in [0.4, 0.5) is 0 Å². The lowest BCUT2D eigenvalue weighted by molar-refractivity contribution is -0.132. The van der Waals surface area contributed by atoms with Gasteiger partial charge in [-0.1, -0.05) is 92.1 Å². The lowest BCUT2D eigenvalue weighted by atomic mass is 10.1. The SMILES string of the molecule is C=CC(=C)/C=C\C=C/Cc1cc(-c2ccccc2)n(C/C=C(\C=C/C)C(=O)O)c1C. The van der Waals surface area contributed by atoms with Crippen molar-refractivity contribution in [2.24, 2.45) is 0 Å². The number of benzene rings is 1. The minimum absolute atomic E-state index is 0.290. The molecule has 0 aliphatic heterocycles. The van der Waals surface area contributed by atoms with Crippen LogP contribution in [-0.2, 0) is 17.8 Å². The Labute approximate surface area is 179 Å². The fourth-order valence-corrected chi connectivity index (χ4v) is 3.11. The smallest absolute Gasteiger partial charge is 0.335 e. The molecule has 0 saturated carbocycles. The van der Waals surface area contributed by atoms with E-state index in [4.69, 9.17) is 0 Å².